The van der Waals surface area contributed by atoms with Crippen LogP contribution < -0.4 is 4.90 Å². The van der Waals surface area contributed by atoms with Gasteiger partial charge in [0.2, 0.25) is 5.95 Å². The number of anilines is 1. The Morgan fingerprint density at radius 1 is 1.33 bits per heavy atom. The fourth-order valence-electron chi connectivity index (χ4n) is 2.63. The fraction of sp³-hybridized carbons (Fsp3) is 0.500. The molecule has 112 valence electrons. The first kappa shape index (κ1) is 13.9. The van der Waals surface area contributed by atoms with Crippen molar-refractivity contribution in [2.45, 2.75) is 19.0 Å². The molecule has 0 amide bonds. The van der Waals surface area contributed by atoms with Gasteiger partial charge in [-0.15, -0.1) is 0 Å². The third kappa shape index (κ3) is 3.02. The molecule has 6 nitrogen and oxygen atoms in total. The number of halogens is 1. The Hall–Kier alpha value is -2.02. The first-order valence-electron chi connectivity index (χ1n) is 7.03. The van der Waals surface area contributed by atoms with E-state index in [4.69, 9.17) is 0 Å². The Labute approximate surface area is 123 Å². The van der Waals surface area contributed by atoms with E-state index in [1.807, 2.05) is 12.3 Å². The lowest BCUT2D eigenvalue weighted by atomic mass is 10.1. The second-order valence-corrected chi connectivity index (χ2v) is 5.59. The van der Waals surface area contributed by atoms with Gasteiger partial charge in [0.25, 0.3) is 0 Å². The van der Waals surface area contributed by atoms with Crippen LogP contribution in [-0.2, 0) is 6.54 Å². The molecule has 3 heterocycles. The lowest BCUT2D eigenvalue weighted by Crippen LogP contribution is -2.39. The molecule has 0 saturated heterocycles. The van der Waals surface area contributed by atoms with E-state index >= 15 is 0 Å². The van der Waals surface area contributed by atoms with Gasteiger partial charge in [-0.2, -0.15) is 5.10 Å². The second-order valence-electron chi connectivity index (χ2n) is 5.59. The molecule has 0 aliphatic carbocycles. The Kier molecular flexibility index (Phi) is 3.83. The van der Waals surface area contributed by atoms with Crippen LogP contribution in [0, 0.1) is 5.82 Å². The van der Waals surface area contributed by atoms with E-state index in [1.165, 1.54) is 12.4 Å². The van der Waals surface area contributed by atoms with Crippen LogP contribution in [0.3, 0.4) is 0 Å². The molecule has 0 spiro atoms. The van der Waals surface area contributed by atoms with Crippen molar-refractivity contribution < 1.29 is 4.39 Å². The van der Waals surface area contributed by atoms with Gasteiger partial charge in [-0.1, -0.05) is 0 Å². The highest BCUT2D eigenvalue weighted by Gasteiger charge is 2.26. The molecule has 0 saturated carbocycles. The van der Waals surface area contributed by atoms with Crippen LogP contribution in [0.2, 0.25) is 0 Å². The monoisotopic (exact) mass is 290 g/mol. The van der Waals surface area contributed by atoms with Crippen molar-refractivity contribution in [3.63, 3.8) is 0 Å². The zero-order valence-corrected chi connectivity index (χ0v) is 12.3. The van der Waals surface area contributed by atoms with Crippen LogP contribution in [0.4, 0.5) is 10.3 Å². The van der Waals surface area contributed by atoms with Gasteiger partial charge in [-0.25, -0.2) is 14.4 Å². The lowest BCUT2D eigenvalue weighted by molar-refractivity contribution is 0.313. The van der Waals surface area contributed by atoms with Gasteiger partial charge < -0.3 is 9.80 Å². The summed E-state index contributed by atoms with van der Waals surface area (Å²) in [6, 6.07) is 2.29. The standard InChI is InChI=1S/C14H19FN6/c1-19(2)6-4-13-10-20(9-12-3-5-18-21(12)13)14-16-7-11(15)8-17-14/h3,5,7-8,13H,4,6,9-10H2,1-2H3. The molecule has 3 rings (SSSR count). The SMILES string of the molecule is CN(C)CCC1CN(c2ncc(F)cn2)Cc2ccnn21. The summed E-state index contributed by atoms with van der Waals surface area (Å²) in [5, 5.41) is 4.43. The van der Waals surface area contributed by atoms with Gasteiger partial charge in [0.1, 0.15) is 0 Å². The van der Waals surface area contributed by atoms with Crippen molar-refractivity contribution in [3.8, 4) is 0 Å². The highest BCUT2D eigenvalue weighted by Crippen LogP contribution is 2.25. The summed E-state index contributed by atoms with van der Waals surface area (Å²) < 4.78 is 15.1. The van der Waals surface area contributed by atoms with Gasteiger partial charge in [0.15, 0.2) is 5.82 Å². The van der Waals surface area contributed by atoms with E-state index in [9.17, 15) is 4.39 Å². The molecule has 1 aliphatic heterocycles. The van der Waals surface area contributed by atoms with Gasteiger partial charge >= 0.3 is 0 Å². The minimum absolute atomic E-state index is 0.278. The molecule has 0 radical (unpaired) electrons. The summed E-state index contributed by atoms with van der Waals surface area (Å²) in [5.74, 6) is 0.156. The number of rotatable bonds is 4. The van der Waals surface area contributed by atoms with E-state index in [0.29, 0.717) is 12.5 Å². The fourth-order valence-corrected chi connectivity index (χ4v) is 2.63. The normalized spacial score (nSPS) is 18.1. The first-order chi connectivity index (χ1) is 10.1. The largest absolute Gasteiger partial charge is 0.333 e. The molecule has 21 heavy (non-hydrogen) atoms. The van der Waals surface area contributed by atoms with Crippen LogP contribution in [0.5, 0.6) is 0 Å². The summed E-state index contributed by atoms with van der Waals surface area (Å²) in [5.41, 5.74) is 1.14. The van der Waals surface area contributed by atoms with Gasteiger partial charge in [0, 0.05) is 12.7 Å². The predicted octanol–water partition coefficient (Wildman–Crippen LogP) is 1.33. The number of hydrogen-bond donors (Lipinski definition) is 0. The maximum atomic E-state index is 13.0. The number of fused-ring (bicyclic) bond motifs is 1. The van der Waals surface area contributed by atoms with E-state index < -0.39 is 5.82 Å². The Bertz CT molecular complexity index is 594. The summed E-state index contributed by atoms with van der Waals surface area (Å²) in [7, 11) is 4.13. The van der Waals surface area contributed by atoms with Crippen LogP contribution in [0.1, 0.15) is 18.2 Å². The molecule has 7 heteroatoms. The zero-order valence-electron chi connectivity index (χ0n) is 12.3. The third-order valence-corrected chi connectivity index (χ3v) is 3.68. The van der Waals surface area contributed by atoms with Crippen molar-refractivity contribution in [1.29, 1.82) is 0 Å². The van der Waals surface area contributed by atoms with Crippen LogP contribution in [0.25, 0.3) is 0 Å². The molecule has 0 aromatic carbocycles. The molecule has 1 aliphatic rings. The summed E-state index contributed by atoms with van der Waals surface area (Å²) in [6.07, 6.45) is 5.25. The van der Waals surface area contributed by atoms with Crippen LogP contribution >= 0.6 is 0 Å². The average Bonchev–Trinajstić information content (AvgIpc) is 2.93. The van der Waals surface area contributed by atoms with Gasteiger partial charge in [-0.3, -0.25) is 4.68 Å². The van der Waals surface area contributed by atoms with Crippen LogP contribution in [0.15, 0.2) is 24.7 Å². The maximum Gasteiger partial charge on any atom is 0.225 e. The van der Waals surface area contributed by atoms with Crippen molar-refractivity contribution in [3.05, 3.63) is 36.2 Å². The van der Waals surface area contributed by atoms with Crippen molar-refractivity contribution >= 4 is 5.95 Å². The van der Waals surface area contributed by atoms with Crippen molar-refractivity contribution in [2.24, 2.45) is 0 Å². The second kappa shape index (κ2) is 5.77. The molecular formula is C14H19FN6. The number of hydrogen-bond acceptors (Lipinski definition) is 5. The topological polar surface area (TPSA) is 50.1 Å². The number of aromatic nitrogens is 4. The maximum absolute atomic E-state index is 13.0. The Morgan fingerprint density at radius 2 is 2.10 bits per heavy atom. The highest BCUT2D eigenvalue weighted by molar-refractivity contribution is 5.32. The van der Waals surface area contributed by atoms with E-state index in [0.717, 1.165) is 25.2 Å². The molecule has 1 atom stereocenters. The van der Waals surface area contributed by atoms with Crippen molar-refractivity contribution in [2.75, 3.05) is 32.1 Å². The molecule has 0 N–H and O–H groups in total. The first-order valence-corrected chi connectivity index (χ1v) is 7.03. The Morgan fingerprint density at radius 3 is 2.81 bits per heavy atom. The van der Waals surface area contributed by atoms with E-state index in [1.54, 1.807) is 0 Å². The van der Waals surface area contributed by atoms with Crippen LogP contribution in [-0.4, -0.2) is 51.8 Å². The summed E-state index contributed by atoms with van der Waals surface area (Å²) in [4.78, 5) is 12.4. The van der Waals surface area contributed by atoms with E-state index in [2.05, 4.69) is 43.6 Å². The minimum atomic E-state index is -0.412. The average molecular weight is 290 g/mol. The molecule has 0 fully saturated rings. The molecule has 2 aromatic rings. The molecule has 1 unspecified atom stereocenters. The summed E-state index contributed by atoms with van der Waals surface area (Å²) in [6.45, 7) is 2.47. The number of nitrogens with zero attached hydrogens (tertiary/aromatic N) is 6. The summed E-state index contributed by atoms with van der Waals surface area (Å²) >= 11 is 0. The quantitative estimate of drug-likeness (QED) is 0.850. The van der Waals surface area contributed by atoms with E-state index in [-0.39, 0.29) is 6.04 Å². The molecule has 2 aromatic heterocycles. The van der Waals surface area contributed by atoms with Gasteiger partial charge in [-0.05, 0) is 33.1 Å². The smallest absolute Gasteiger partial charge is 0.225 e. The predicted molar refractivity (Wildman–Crippen MR) is 77.5 cm³/mol. The Balaban J connectivity index is 1.81. The van der Waals surface area contributed by atoms with Crippen molar-refractivity contribution in [1.82, 2.24) is 24.6 Å². The third-order valence-electron chi connectivity index (χ3n) is 3.68. The molecular weight excluding hydrogens is 271 g/mol. The highest BCUT2D eigenvalue weighted by atomic mass is 19.1. The molecule has 0 bridgehead atoms. The lowest BCUT2D eigenvalue weighted by Gasteiger charge is -2.34. The zero-order chi connectivity index (χ0) is 14.8. The van der Waals surface area contributed by atoms with Gasteiger partial charge in [0.05, 0.1) is 30.7 Å². The minimum Gasteiger partial charge on any atom is -0.333 e.